The van der Waals surface area contributed by atoms with Gasteiger partial charge in [0.2, 0.25) is 0 Å². The van der Waals surface area contributed by atoms with Crippen LogP contribution in [0.4, 0.5) is 0 Å². The number of halogens is 2. The van der Waals surface area contributed by atoms with Crippen molar-refractivity contribution in [2.24, 2.45) is 5.73 Å². The van der Waals surface area contributed by atoms with Crippen molar-refractivity contribution in [3.05, 3.63) is 38.1 Å². The minimum atomic E-state index is 0.499. The van der Waals surface area contributed by atoms with E-state index in [0.29, 0.717) is 6.54 Å². The third kappa shape index (κ3) is 2.03. The Balaban J connectivity index is 2.19. The highest BCUT2D eigenvalue weighted by atomic mass is 79.9. The normalized spacial score (nSPS) is 11.3. The minimum Gasteiger partial charge on any atom is -0.337 e. The predicted molar refractivity (Wildman–Crippen MR) is 82.7 cm³/mol. The summed E-state index contributed by atoms with van der Waals surface area (Å²) in [7, 11) is 0. The van der Waals surface area contributed by atoms with Crippen LogP contribution in [-0.4, -0.2) is 9.97 Å². The van der Waals surface area contributed by atoms with Gasteiger partial charge in [-0.05, 0) is 49.6 Å². The Bertz CT molecular complexity index is 698. The van der Waals surface area contributed by atoms with E-state index in [4.69, 9.17) is 5.73 Å². The number of thiophene rings is 1. The molecule has 0 bridgehead atoms. The molecule has 3 aromatic rings. The summed E-state index contributed by atoms with van der Waals surface area (Å²) in [5.74, 6) is 0.877. The molecule has 6 heteroatoms. The van der Waals surface area contributed by atoms with Crippen molar-refractivity contribution in [1.29, 1.82) is 0 Å². The van der Waals surface area contributed by atoms with Crippen LogP contribution in [0.5, 0.6) is 0 Å². The Morgan fingerprint density at radius 3 is 2.83 bits per heavy atom. The number of rotatable bonds is 2. The van der Waals surface area contributed by atoms with Crippen LogP contribution in [0.25, 0.3) is 21.7 Å². The molecule has 2 aromatic heterocycles. The van der Waals surface area contributed by atoms with Crippen molar-refractivity contribution in [3.8, 4) is 10.7 Å². The van der Waals surface area contributed by atoms with E-state index in [0.717, 1.165) is 35.6 Å². The van der Waals surface area contributed by atoms with Crippen LogP contribution >= 0.6 is 43.2 Å². The number of para-hydroxylation sites is 1. The van der Waals surface area contributed by atoms with Gasteiger partial charge < -0.3 is 10.7 Å². The van der Waals surface area contributed by atoms with Gasteiger partial charge in [-0.2, -0.15) is 0 Å². The molecule has 3 nitrogen and oxygen atoms in total. The van der Waals surface area contributed by atoms with E-state index in [1.54, 1.807) is 11.3 Å². The number of H-pyrrole nitrogens is 1. The van der Waals surface area contributed by atoms with Gasteiger partial charge in [-0.3, -0.25) is 0 Å². The second-order valence-electron chi connectivity index (χ2n) is 3.84. The van der Waals surface area contributed by atoms with E-state index in [1.165, 1.54) is 0 Å². The van der Waals surface area contributed by atoms with Crippen molar-refractivity contribution in [2.75, 3.05) is 0 Å². The highest BCUT2D eigenvalue weighted by Crippen LogP contribution is 2.37. The fourth-order valence-electron chi connectivity index (χ4n) is 1.84. The van der Waals surface area contributed by atoms with Crippen LogP contribution in [0.2, 0.25) is 0 Å². The average molecular weight is 387 g/mol. The number of fused-ring (bicyclic) bond motifs is 1. The molecule has 0 saturated carbocycles. The molecule has 3 N–H and O–H groups in total. The van der Waals surface area contributed by atoms with Crippen LogP contribution in [0, 0.1) is 0 Å². The summed E-state index contributed by atoms with van der Waals surface area (Å²) in [5, 5.41) is 0. The zero-order chi connectivity index (χ0) is 12.7. The van der Waals surface area contributed by atoms with Crippen LogP contribution in [0.3, 0.4) is 0 Å². The maximum Gasteiger partial charge on any atom is 0.148 e. The van der Waals surface area contributed by atoms with Crippen molar-refractivity contribution in [3.63, 3.8) is 0 Å². The molecule has 92 valence electrons. The van der Waals surface area contributed by atoms with Gasteiger partial charge in [0.15, 0.2) is 0 Å². The quantitative estimate of drug-likeness (QED) is 0.690. The van der Waals surface area contributed by atoms with Crippen LogP contribution in [-0.2, 0) is 6.54 Å². The third-order valence-electron chi connectivity index (χ3n) is 2.69. The molecule has 0 unspecified atom stereocenters. The molecule has 0 aliphatic heterocycles. The Morgan fingerprint density at radius 2 is 2.17 bits per heavy atom. The van der Waals surface area contributed by atoms with E-state index in [1.807, 2.05) is 18.2 Å². The lowest BCUT2D eigenvalue weighted by molar-refractivity contribution is 1.08. The molecular weight excluding hydrogens is 378 g/mol. The van der Waals surface area contributed by atoms with Gasteiger partial charge in [-0.1, -0.05) is 12.1 Å². The number of benzene rings is 1. The SMILES string of the molecule is NCc1cccc2[nH]c(-c3cc(Br)c(Br)s3)nc12. The second-order valence-corrected chi connectivity index (χ2v) is 7.06. The topological polar surface area (TPSA) is 54.7 Å². The maximum atomic E-state index is 5.73. The number of nitrogens with two attached hydrogens (primary N) is 1. The molecule has 0 fully saturated rings. The maximum absolute atomic E-state index is 5.73. The molecule has 0 radical (unpaired) electrons. The highest BCUT2D eigenvalue weighted by molar-refractivity contribution is 9.13. The second kappa shape index (κ2) is 4.77. The van der Waals surface area contributed by atoms with Crippen molar-refractivity contribution >= 4 is 54.2 Å². The summed E-state index contributed by atoms with van der Waals surface area (Å²) in [4.78, 5) is 9.06. The van der Waals surface area contributed by atoms with Gasteiger partial charge in [0.05, 0.1) is 19.7 Å². The molecule has 2 heterocycles. The average Bonchev–Trinajstić information content (AvgIpc) is 2.93. The van der Waals surface area contributed by atoms with E-state index < -0.39 is 0 Å². The van der Waals surface area contributed by atoms with Crippen LogP contribution < -0.4 is 5.73 Å². The van der Waals surface area contributed by atoms with E-state index in [9.17, 15) is 0 Å². The van der Waals surface area contributed by atoms with Crippen molar-refractivity contribution in [1.82, 2.24) is 9.97 Å². The summed E-state index contributed by atoms with van der Waals surface area (Å²) in [6.45, 7) is 0.499. The van der Waals surface area contributed by atoms with Crippen LogP contribution in [0.1, 0.15) is 5.56 Å². The number of nitrogens with one attached hydrogen (secondary N) is 1. The number of nitrogens with zero attached hydrogens (tertiary/aromatic N) is 1. The smallest absolute Gasteiger partial charge is 0.148 e. The van der Waals surface area contributed by atoms with Gasteiger partial charge in [0, 0.05) is 11.0 Å². The van der Waals surface area contributed by atoms with Gasteiger partial charge in [-0.25, -0.2) is 4.98 Å². The van der Waals surface area contributed by atoms with Crippen molar-refractivity contribution < 1.29 is 0 Å². The first-order valence-electron chi connectivity index (χ1n) is 5.32. The number of imidazole rings is 1. The largest absolute Gasteiger partial charge is 0.337 e. The Kier molecular flexibility index (Phi) is 3.27. The van der Waals surface area contributed by atoms with Gasteiger partial charge in [-0.15, -0.1) is 11.3 Å². The first kappa shape index (κ1) is 12.3. The van der Waals surface area contributed by atoms with Crippen LogP contribution in [0.15, 0.2) is 32.5 Å². The molecule has 0 aliphatic carbocycles. The minimum absolute atomic E-state index is 0.499. The van der Waals surface area contributed by atoms with E-state index in [2.05, 4.69) is 47.9 Å². The molecule has 3 rings (SSSR count). The first-order valence-corrected chi connectivity index (χ1v) is 7.72. The Morgan fingerprint density at radius 1 is 1.33 bits per heavy atom. The molecular formula is C12H9Br2N3S. The highest BCUT2D eigenvalue weighted by Gasteiger charge is 2.11. The zero-order valence-corrected chi connectivity index (χ0v) is 13.2. The number of hydrogen-bond donors (Lipinski definition) is 2. The fourth-order valence-corrected chi connectivity index (χ4v) is 3.82. The number of hydrogen-bond acceptors (Lipinski definition) is 3. The summed E-state index contributed by atoms with van der Waals surface area (Å²) < 4.78 is 2.11. The third-order valence-corrected chi connectivity index (χ3v) is 5.96. The summed E-state index contributed by atoms with van der Waals surface area (Å²) in [6, 6.07) is 8.07. The summed E-state index contributed by atoms with van der Waals surface area (Å²) in [5.41, 5.74) is 8.76. The monoisotopic (exact) mass is 385 g/mol. The summed E-state index contributed by atoms with van der Waals surface area (Å²) >= 11 is 8.62. The summed E-state index contributed by atoms with van der Waals surface area (Å²) in [6.07, 6.45) is 0. The Hall–Kier alpha value is -0.690. The standard InChI is InChI=1S/C12H9Br2N3S/c13-7-4-9(18-11(7)14)12-16-8-3-1-2-6(5-15)10(8)17-12/h1-4H,5,15H2,(H,16,17). The number of aromatic amines is 1. The van der Waals surface area contributed by atoms with E-state index >= 15 is 0 Å². The molecule has 0 amide bonds. The lowest BCUT2D eigenvalue weighted by atomic mass is 10.2. The molecule has 0 spiro atoms. The fraction of sp³-hybridized carbons (Fsp3) is 0.0833. The zero-order valence-electron chi connectivity index (χ0n) is 9.21. The van der Waals surface area contributed by atoms with Crippen molar-refractivity contribution in [2.45, 2.75) is 6.54 Å². The molecule has 1 aromatic carbocycles. The van der Waals surface area contributed by atoms with E-state index in [-0.39, 0.29) is 0 Å². The van der Waals surface area contributed by atoms with Gasteiger partial charge in [0.1, 0.15) is 5.82 Å². The molecule has 0 aliphatic rings. The van der Waals surface area contributed by atoms with Gasteiger partial charge >= 0.3 is 0 Å². The molecule has 0 saturated heterocycles. The number of aromatic nitrogens is 2. The molecule has 0 atom stereocenters. The predicted octanol–water partition coefficient (Wildman–Crippen LogP) is 4.28. The first-order chi connectivity index (χ1) is 8.69. The van der Waals surface area contributed by atoms with Gasteiger partial charge in [0.25, 0.3) is 0 Å². The lowest BCUT2D eigenvalue weighted by Crippen LogP contribution is -1.96. The molecule has 18 heavy (non-hydrogen) atoms. The Labute approximate surface area is 125 Å². The lowest BCUT2D eigenvalue weighted by Gasteiger charge is -1.95.